The molecule has 30 heavy (non-hydrogen) atoms. The van der Waals surface area contributed by atoms with Gasteiger partial charge in [-0.3, -0.25) is 4.57 Å². The van der Waals surface area contributed by atoms with Crippen LogP contribution in [0, 0.1) is 17.1 Å². The molecular formula is C22H21FN2O4S. The highest BCUT2D eigenvalue weighted by Crippen LogP contribution is 2.33. The number of aromatic nitrogens is 1. The van der Waals surface area contributed by atoms with Crippen LogP contribution < -0.4 is 0 Å². The van der Waals surface area contributed by atoms with Crippen molar-refractivity contribution in [1.82, 2.24) is 4.57 Å². The maximum absolute atomic E-state index is 13.9. The topological polar surface area (TPSA) is 89.2 Å². The first-order valence-electron chi connectivity index (χ1n) is 9.15. The Morgan fingerprint density at radius 3 is 2.50 bits per heavy atom. The van der Waals surface area contributed by atoms with E-state index in [0.29, 0.717) is 27.6 Å². The van der Waals surface area contributed by atoms with Gasteiger partial charge in [-0.05, 0) is 62.2 Å². The third-order valence-electron chi connectivity index (χ3n) is 4.40. The van der Waals surface area contributed by atoms with E-state index in [4.69, 9.17) is 10.00 Å². The monoisotopic (exact) mass is 428 g/mol. The summed E-state index contributed by atoms with van der Waals surface area (Å²) in [7, 11) is -3.51. The van der Waals surface area contributed by atoms with Crippen LogP contribution in [-0.2, 0) is 21.0 Å². The Kier molecular flexibility index (Phi) is 5.44. The Hall–Kier alpha value is -3.18. The van der Waals surface area contributed by atoms with Gasteiger partial charge in [0.2, 0.25) is 0 Å². The molecule has 0 atom stereocenters. The number of rotatable bonds is 3. The minimum Gasteiger partial charge on any atom is -0.443 e. The predicted octanol–water partition coefficient (Wildman–Crippen LogP) is 4.70. The van der Waals surface area contributed by atoms with Crippen LogP contribution in [0.1, 0.15) is 26.3 Å². The molecule has 0 aliphatic carbocycles. The zero-order valence-corrected chi connectivity index (χ0v) is 17.9. The molecule has 0 amide bonds. The first-order chi connectivity index (χ1) is 13.9. The second-order valence-electron chi connectivity index (χ2n) is 7.98. The van der Waals surface area contributed by atoms with Crippen molar-refractivity contribution in [3.63, 3.8) is 0 Å². The summed E-state index contributed by atoms with van der Waals surface area (Å²) in [6.45, 7) is 5.20. The third kappa shape index (κ3) is 4.36. The van der Waals surface area contributed by atoms with Crippen molar-refractivity contribution >= 4 is 26.8 Å². The summed E-state index contributed by atoms with van der Waals surface area (Å²) in [6, 6.07) is 10.7. The van der Waals surface area contributed by atoms with E-state index < -0.39 is 27.3 Å². The number of hydrogen-bond donors (Lipinski definition) is 0. The fourth-order valence-electron chi connectivity index (χ4n) is 3.22. The summed E-state index contributed by atoms with van der Waals surface area (Å²) in [6.07, 6.45) is 1.87. The van der Waals surface area contributed by atoms with Gasteiger partial charge < -0.3 is 4.74 Å². The molecule has 3 aromatic rings. The number of nitriles is 1. The lowest BCUT2D eigenvalue weighted by atomic mass is 10.0. The van der Waals surface area contributed by atoms with Gasteiger partial charge in [0.1, 0.15) is 11.4 Å². The second-order valence-corrected chi connectivity index (χ2v) is 9.97. The van der Waals surface area contributed by atoms with Gasteiger partial charge in [-0.2, -0.15) is 5.26 Å². The molecule has 0 radical (unpaired) electrons. The summed E-state index contributed by atoms with van der Waals surface area (Å²) in [5, 5.41) is 9.70. The molecule has 0 aliphatic rings. The molecule has 0 saturated heterocycles. The van der Waals surface area contributed by atoms with Crippen LogP contribution in [0.25, 0.3) is 22.0 Å². The summed E-state index contributed by atoms with van der Waals surface area (Å²) in [4.78, 5) is 12.8. The van der Waals surface area contributed by atoms with Crippen LogP contribution in [-0.4, -0.2) is 30.9 Å². The Bertz CT molecular complexity index is 1300. The lowest BCUT2D eigenvalue weighted by Gasteiger charge is -2.19. The molecule has 2 aromatic carbocycles. The zero-order chi connectivity index (χ0) is 22.3. The van der Waals surface area contributed by atoms with Crippen molar-refractivity contribution in [2.75, 3.05) is 6.26 Å². The van der Waals surface area contributed by atoms with Crippen molar-refractivity contribution in [3.8, 4) is 17.2 Å². The number of sulfone groups is 1. The Morgan fingerprint density at radius 1 is 1.20 bits per heavy atom. The molecule has 8 heteroatoms. The molecule has 0 unspecified atom stereocenters. The number of halogens is 1. The average molecular weight is 428 g/mol. The molecule has 3 rings (SSSR count). The Labute approximate surface area is 174 Å². The number of carbonyl (C=O) groups is 1. The van der Waals surface area contributed by atoms with Crippen molar-refractivity contribution < 1.29 is 22.3 Å². The molecule has 0 aliphatic heterocycles. The Morgan fingerprint density at radius 2 is 1.90 bits per heavy atom. The fourth-order valence-corrected chi connectivity index (χ4v) is 4.15. The normalized spacial score (nSPS) is 12.0. The van der Waals surface area contributed by atoms with Gasteiger partial charge in [0.15, 0.2) is 9.84 Å². The highest BCUT2D eigenvalue weighted by Gasteiger charge is 2.22. The van der Waals surface area contributed by atoms with Gasteiger partial charge in [0, 0.05) is 23.4 Å². The molecule has 0 spiro atoms. The van der Waals surface area contributed by atoms with Crippen LogP contribution in [0.5, 0.6) is 0 Å². The van der Waals surface area contributed by atoms with E-state index in [2.05, 4.69) is 0 Å². The van der Waals surface area contributed by atoms with E-state index in [0.717, 1.165) is 6.26 Å². The largest absolute Gasteiger partial charge is 0.443 e. The second kappa shape index (κ2) is 7.58. The van der Waals surface area contributed by atoms with Gasteiger partial charge in [0.05, 0.1) is 22.9 Å². The molecule has 6 nitrogen and oxygen atoms in total. The minimum absolute atomic E-state index is 0.0784. The number of hydrogen-bond acceptors (Lipinski definition) is 5. The van der Waals surface area contributed by atoms with Gasteiger partial charge in [-0.1, -0.05) is 6.07 Å². The highest BCUT2D eigenvalue weighted by atomic mass is 32.2. The summed E-state index contributed by atoms with van der Waals surface area (Å²) < 4.78 is 44.6. The lowest BCUT2D eigenvalue weighted by molar-refractivity contribution is 0.0544. The number of benzene rings is 2. The van der Waals surface area contributed by atoms with E-state index in [9.17, 15) is 17.6 Å². The van der Waals surface area contributed by atoms with Crippen molar-refractivity contribution in [3.05, 3.63) is 54.0 Å². The number of ether oxygens (including phenoxy) is 1. The van der Waals surface area contributed by atoms with E-state index in [1.165, 1.54) is 29.0 Å². The fraction of sp³-hybridized carbons (Fsp3) is 0.273. The Balaban J connectivity index is 2.23. The van der Waals surface area contributed by atoms with E-state index in [1.54, 1.807) is 39.0 Å². The molecule has 0 fully saturated rings. The zero-order valence-electron chi connectivity index (χ0n) is 17.1. The average Bonchev–Trinajstić information content (AvgIpc) is 2.98. The SMILES string of the molecule is CC(C)(C)OC(=O)n1cc(-c2ccc(S(C)(=O)=O)c(CC#N)c2)c2ccc(F)cc21. The number of nitrogens with zero attached hydrogens (tertiary/aromatic N) is 2. The van der Waals surface area contributed by atoms with Gasteiger partial charge in [-0.15, -0.1) is 0 Å². The first-order valence-corrected chi connectivity index (χ1v) is 11.0. The maximum Gasteiger partial charge on any atom is 0.419 e. The van der Waals surface area contributed by atoms with E-state index in [-0.39, 0.29) is 11.3 Å². The van der Waals surface area contributed by atoms with E-state index >= 15 is 0 Å². The molecule has 0 saturated carbocycles. The lowest BCUT2D eigenvalue weighted by Crippen LogP contribution is -2.26. The van der Waals surface area contributed by atoms with E-state index in [1.807, 2.05) is 6.07 Å². The van der Waals surface area contributed by atoms with Crippen molar-refractivity contribution in [2.24, 2.45) is 0 Å². The highest BCUT2D eigenvalue weighted by molar-refractivity contribution is 7.90. The van der Waals surface area contributed by atoms with Gasteiger partial charge in [-0.25, -0.2) is 17.6 Å². The standard InChI is InChI=1S/C22H21FN2O4S/c1-22(2,3)29-21(26)25-13-18(17-7-6-16(23)12-19(17)25)14-5-8-20(30(4,27)28)15(11-14)9-10-24/h5-8,11-13H,9H2,1-4H3. The summed E-state index contributed by atoms with van der Waals surface area (Å²) in [5.74, 6) is -0.505. The molecule has 0 bridgehead atoms. The number of carbonyl (C=O) groups excluding carboxylic acids is 1. The quantitative estimate of drug-likeness (QED) is 0.603. The summed E-state index contributed by atoms with van der Waals surface area (Å²) >= 11 is 0. The third-order valence-corrected chi connectivity index (χ3v) is 5.60. The molecule has 156 valence electrons. The molecule has 0 N–H and O–H groups in total. The maximum atomic E-state index is 13.9. The van der Waals surface area contributed by atoms with Crippen molar-refractivity contribution in [2.45, 2.75) is 37.7 Å². The van der Waals surface area contributed by atoms with Gasteiger partial charge >= 0.3 is 6.09 Å². The number of fused-ring (bicyclic) bond motifs is 1. The summed E-state index contributed by atoms with van der Waals surface area (Å²) in [5.41, 5.74) is 1.14. The smallest absolute Gasteiger partial charge is 0.419 e. The van der Waals surface area contributed by atoms with Crippen LogP contribution in [0.4, 0.5) is 9.18 Å². The molecular weight excluding hydrogens is 407 g/mol. The molecule has 1 aromatic heterocycles. The molecule has 1 heterocycles. The van der Waals surface area contributed by atoms with Crippen LogP contribution in [0.2, 0.25) is 0 Å². The van der Waals surface area contributed by atoms with Crippen LogP contribution in [0.3, 0.4) is 0 Å². The van der Waals surface area contributed by atoms with Crippen molar-refractivity contribution in [1.29, 1.82) is 5.26 Å². The van der Waals surface area contributed by atoms with Crippen LogP contribution >= 0.6 is 0 Å². The minimum atomic E-state index is -3.51. The van der Waals surface area contributed by atoms with Gasteiger partial charge in [0.25, 0.3) is 0 Å². The first kappa shape index (κ1) is 21.5. The van der Waals surface area contributed by atoms with Crippen LogP contribution in [0.15, 0.2) is 47.5 Å². The predicted molar refractivity (Wildman–Crippen MR) is 111 cm³/mol.